The Hall–Kier alpha value is -2.83. The van der Waals surface area contributed by atoms with Gasteiger partial charge in [0.25, 0.3) is 0 Å². The summed E-state index contributed by atoms with van der Waals surface area (Å²) in [5, 5.41) is 10.8. The van der Waals surface area contributed by atoms with Gasteiger partial charge in [0.15, 0.2) is 0 Å². The first kappa shape index (κ1) is 22.4. The molecular formula is C26H31NO5. The third kappa shape index (κ3) is 5.69. The molecule has 3 aromatic rings. The molecule has 1 fully saturated rings. The van der Waals surface area contributed by atoms with Crippen LogP contribution in [0.2, 0.25) is 0 Å². The number of ether oxygens (including phenoxy) is 2. The Morgan fingerprint density at radius 1 is 1.00 bits per heavy atom. The van der Waals surface area contributed by atoms with E-state index in [4.69, 9.17) is 13.9 Å². The number of rotatable bonds is 7. The lowest BCUT2D eigenvalue weighted by atomic mass is 10.1. The summed E-state index contributed by atoms with van der Waals surface area (Å²) in [6.07, 6.45) is 5.68. The molecule has 170 valence electrons. The van der Waals surface area contributed by atoms with Crippen molar-refractivity contribution in [3.8, 4) is 17.2 Å². The van der Waals surface area contributed by atoms with Gasteiger partial charge in [-0.05, 0) is 75.2 Å². The fourth-order valence-electron chi connectivity index (χ4n) is 4.23. The molecule has 0 aliphatic carbocycles. The van der Waals surface area contributed by atoms with Crippen molar-refractivity contribution in [2.75, 3.05) is 26.2 Å². The maximum absolute atomic E-state index is 12.9. The third-order valence-corrected chi connectivity index (χ3v) is 5.75. The number of nitrogens with zero attached hydrogens (tertiary/aromatic N) is 1. The molecule has 0 unspecified atom stereocenters. The van der Waals surface area contributed by atoms with Crippen LogP contribution >= 0.6 is 0 Å². The molecule has 0 bridgehead atoms. The Labute approximate surface area is 188 Å². The van der Waals surface area contributed by atoms with Gasteiger partial charge in [0, 0.05) is 12.6 Å². The highest BCUT2D eigenvalue weighted by atomic mass is 16.5. The fraction of sp³-hybridized carbons (Fsp3) is 0.423. The van der Waals surface area contributed by atoms with Gasteiger partial charge < -0.3 is 23.9 Å². The van der Waals surface area contributed by atoms with Crippen molar-refractivity contribution < 1.29 is 19.0 Å². The molecule has 0 spiro atoms. The Bertz CT molecular complexity index is 1090. The lowest BCUT2D eigenvalue weighted by Crippen LogP contribution is -2.36. The molecule has 4 rings (SSSR count). The standard InChI is InChI=1S/C26H31NO5/c1-18-11-19(2)13-22(12-18)32-25-17-31-24-14-21(7-8-23(24)26(25)29)30-16-20(28)15-27-9-5-3-4-6-10-27/h7-8,11-14,17,20,28H,3-6,9-10,15-16H2,1-2H3/t20-/m0/s1. The summed E-state index contributed by atoms with van der Waals surface area (Å²) in [5.74, 6) is 1.30. The van der Waals surface area contributed by atoms with Gasteiger partial charge in [-0.3, -0.25) is 4.79 Å². The minimum Gasteiger partial charge on any atom is -0.491 e. The van der Waals surface area contributed by atoms with Gasteiger partial charge in [-0.15, -0.1) is 0 Å². The summed E-state index contributed by atoms with van der Waals surface area (Å²) in [6, 6.07) is 10.9. The van der Waals surface area contributed by atoms with Crippen LogP contribution in [-0.2, 0) is 0 Å². The van der Waals surface area contributed by atoms with Crippen LogP contribution in [0.1, 0.15) is 36.8 Å². The third-order valence-electron chi connectivity index (χ3n) is 5.75. The average molecular weight is 438 g/mol. The van der Waals surface area contributed by atoms with Crippen molar-refractivity contribution in [2.24, 2.45) is 0 Å². The minimum atomic E-state index is -0.565. The lowest BCUT2D eigenvalue weighted by Gasteiger charge is -2.23. The average Bonchev–Trinajstić information content (AvgIpc) is 3.02. The molecule has 1 aliphatic rings. The van der Waals surface area contributed by atoms with Crippen LogP contribution in [0.15, 0.2) is 51.9 Å². The number of likely N-dealkylation sites (tertiary alicyclic amines) is 1. The van der Waals surface area contributed by atoms with Crippen molar-refractivity contribution in [2.45, 2.75) is 45.6 Å². The summed E-state index contributed by atoms with van der Waals surface area (Å²) >= 11 is 0. The zero-order chi connectivity index (χ0) is 22.5. The maximum Gasteiger partial charge on any atom is 0.235 e. The largest absolute Gasteiger partial charge is 0.491 e. The van der Waals surface area contributed by atoms with Gasteiger partial charge in [-0.25, -0.2) is 0 Å². The van der Waals surface area contributed by atoms with Gasteiger partial charge in [-0.2, -0.15) is 0 Å². The topological polar surface area (TPSA) is 72.1 Å². The molecule has 2 aromatic carbocycles. The van der Waals surface area contributed by atoms with Crippen LogP contribution in [0.4, 0.5) is 0 Å². The van der Waals surface area contributed by atoms with E-state index in [1.54, 1.807) is 18.2 Å². The smallest absolute Gasteiger partial charge is 0.235 e. The van der Waals surface area contributed by atoms with Crippen molar-refractivity contribution in [1.82, 2.24) is 4.90 Å². The van der Waals surface area contributed by atoms with Gasteiger partial charge >= 0.3 is 0 Å². The molecule has 1 saturated heterocycles. The molecule has 1 N–H and O–H groups in total. The molecule has 0 amide bonds. The van der Waals surface area contributed by atoms with E-state index in [0.717, 1.165) is 24.2 Å². The highest BCUT2D eigenvalue weighted by molar-refractivity contribution is 5.79. The normalized spacial score (nSPS) is 16.0. The van der Waals surface area contributed by atoms with Crippen molar-refractivity contribution in [3.63, 3.8) is 0 Å². The van der Waals surface area contributed by atoms with Crippen LogP contribution in [-0.4, -0.2) is 42.4 Å². The number of benzene rings is 2. The van der Waals surface area contributed by atoms with E-state index in [1.807, 2.05) is 32.0 Å². The van der Waals surface area contributed by atoms with E-state index >= 15 is 0 Å². The molecule has 1 aliphatic heterocycles. The molecular weight excluding hydrogens is 406 g/mol. The molecule has 6 heteroatoms. The number of aliphatic hydroxyl groups excluding tert-OH is 1. The summed E-state index contributed by atoms with van der Waals surface area (Å²) < 4.78 is 17.2. The highest BCUT2D eigenvalue weighted by Crippen LogP contribution is 2.25. The van der Waals surface area contributed by atoms with Crippen LogP contribution in [0.3, 0.4) is 0 Å². The molecule has 32 heavy (non-hydrogen) atoms. The maximum atomic E-state index is 12.9. The second-order valence-corrected chi connectivity index (χ2v) is 8.69. The van der Waals surface area contributed by atoms with Gasteiger partial charge in [0.1, 0.15) is 36.1 Å². The number of β-amino-alcohol motifs (C(OH)–C–C–N with tert-alkyl or cyclic N) is 1. The zero-order valence-corrected chi connectivity index (χ0v) is 18.8. The molecule has 0 saturated carbocycles. The Balaban J connectivity index is 1.41. The quantitative estimate of drug-likeness (QED) is 0.572. The van der Waals surface area contributed by atoms with E-state index in [9.17, 15) is 9.90 Å². The Kier molecular flexibility index (Phi) is 7.12. The second kappa shape index (κ2) is 10.2. The lowest BCUT2D eigenvalue weighted by molar-refractivity contribution is 0.0694. The predicted molar refractivity (Wildman–Crippen MR) is 125 cm³/mol. The molecule has 6 nitrogen and oxygen atoms in total. The van der Waals surface area contributed by atoms with E-state index in [1.165, 1.54) is 31.9 Å². The molecule has 2 heterocycles. The summed E-state index contributed by atoms with van der Waals surface area (Å²) in [7, 11) is 0. The number of fused-ring (bicyclic) bond motifs is 1. The monoisotopic (exact) mass is 437 g/mol. The van der Waals surface area contributed by atoms with Gasteiger partial charge in [0.2, 0.25) is 11.2 Å². The van der Waals surface area contributed by atoms with Crippen molar-refractivity contribution in [3.05, 3.63) is 64.0 Å². The van der Waals surface area contributed by atoms with Gasteiger partial charge in [-0.1, -0.05) is 18.9 Å². The van der Waals surface area contributed by atoms with Crippen LogP contribution in [0.5, 0.6) is 17.2 Å². The first-order valence-electron chi connectivity index (χ1n) is 11.3. The SMILES string of the molecule is Cc1cc(C)cc(Oc2coc3cc(OC[C@@H](O)CN4CCCCCC4)ccc3c2=O)c1. The van der Waals surface area contributed by atoms with Crippen LogP contribution in [0, 0.1) is 13.8 Å². The van der Waals surface area contributed by atoms with E-state index in [2.05, 4.69) is 4.90 Å². The van der Waals surface area contributed by atoms with E-state index in [0.29, 0.717) is 29.0 Å². The number of hydrogen-bond donors (Lipinski definition) is 1. The fourth-order valence-corrected chi connectivity index (χ4v) is 4.23. The van der Waals surface area contributed by atoms with E-state index < -0.39 is 6.10 Å². The predicted octanol–water partition coefficient (Wildman–Crippen LogP) is 4.82. The summed E-state index contributed by atoms with van der Waals surface area (Å²) in [4.78, 5) is 15.2. The number of aliphatic hydroxyl groups is 1. The van der Waals surface area contributed by atoms with Crippen LogP contribution in [0.25, 0.3) is 11.0 Å². The summed E-state index contributed by atoms with van der Waals surface area (Å²) in [5.41, 5.74) is 2.30. The summed E-state index contributed by atoms with van der Waals surface area (Å²) in [6.45, 7) is 6.83. The highest BCUT2D eigenvalue weighted by Gasteiger charge is 2.15. The molecule has 0 radical (unpaired) electrons. The minimum absolute atomic E-state index is 0.143. The van der Waals surface area contributed by atoms with Gasteiger partial charge in [0.05, 0.1) is 5.39 Å². The molecule has 1 aromatic heterocycles. The second-order valence-electron chi connectivity index (χ2n) is 8.69. The number of aryl methyl sites for hydroxylation is 2. The van der Waals surface area contributed by atoms with Crippen LogP contribution < -0.4 is 14.9 Å². The zero-order valence-electron chi connectivity index (χ0n) is 18.8. The Morgan fingerprint density at radius 2 is 1.72 bits per heavy atom. The van der Waals surface area contributed by atoms with Crippen molar-refractivity contribution >= 4 is 11.0 Å². The first-order valence-corrected chi connectivity index (χ1v) is 11.3. The van der Waals surface area contributed by atoms with E-state index in [-0.39, 0.29) is 17.8 Å². The first-order chi connectivity index (χ1) is 15.5. The Morgan fingerprint density at radius 3 is 2.44 bits per heavy atom. The molecule has 1 atom stereocenters. The van der Waals surface area contributed by atoms with Crippen molar-refractivity contribution in [1.29, 1.82) is 0 Å². The number of hydrogen-bond acceptors (Lipinski definition) is 6.